The molecule has 5 rings (SSSR count). The Morgan fingerprint density at radius 3 is 2.83 bits per heavy atom. The molecule has 146 valence electrons. The summed E-state index contributed by atoms with van der Waals surface area (Å²) in [5, 5.41) is 0. The van der Waals surface area contributed by atoms with E-state index < -0.39 is 5.82 Å². The Labute approximate surface area is 173 Å². The highest BCUT2D eigenvalue weighted by molar-refractivity contribution is 9.10. The van der Waals surface area contributed by atoms with Gasteiger partial charge in [-0.05, 0) is 47.0 Å². The van der Waals surface area contributed by atoms with Crippen LogP contribution in [0.25, 0.3) is 16.6 Å². The van der Waals surface area contributed by atoms with Crippen molar-refractivity contribution in [1.29, 1.82) is 0 Å². The fourth-order valence-electron chi connectivity index (χ4n) is 3.44. The average Bonchev–Trinajstić information content (AvgIpc) is 3.42. The standard InChI is InChI=1S/C20H16BrFN6O/c21-11-1-2-12(25-7-11)9-27(13-3-4-13)20(29)14-5-17-16(6-15(14)22)26-19(23)18-8-24-10-28(17)18/h1-2,5-8,10,13H,3-4,9H2,(H2,23,26). The molecule has 1 saturated carbocycles. The molecule has 0 atom stereocenters. The van der Waals surface area contributed by atoms with E-state index in [1.54, 1.807) is 28.0 Å². The van der Waals surface area contributed by atoms with Gasteiger partial charge in [-0.1, -0.05) is 0 Å². The van der Waals surface area contributed by atoms with Crippen molar-refractivity contribution >= 4 is 44.2 Å². The summed E-state index contributed by atoms with van der Waals surface area (Å²) in [5.41, 5.74) is 8.24. The van der Waals surface area contributed by atoms with Crippen LogP contribution in [0.1, 0.15) is 28.9 Å². The number of imidazole rings is 1. The van der Waals surface area contributed by atoms with Crippen molar-refractivity contribution in [3.63, 3.8) is 0 Å². The number of aromatic nitrogens is 4. The van der Waals surface area contributed by atoms with Crippen molar-refractivity contribution in [3.05, 3.63) is 64.5 Å². The highest BCUT2D eigenvalue weighted by Crippen LogP contribution is 2.31. The fourth-order valence-corrected chi connectivity index (χ4v) is 3.68. The summed E-state index contributed by atoms with van der Waals surface area (Å²) < 4.78 is 17.5. The lowest BCUT2D eigenvalue weighted by Crippen LogP contribution is -2.33. The molecule has 1 aromatic carbocycles. The normalized spacial score (nSPS) is 13.9. The van der Waals surface area contributed by atoms with Crippen LogP contribution in [0.4, 0.5) is 10.2 Å². The monoisotopic (exact) mass is 454 g/mol. The molecular weight excluding hydrogens is 439 g/mol. The van der Waals surface area contributed by atoms with Crippen molar-refractivity contribution in [1.82, 2.24) is 24.3 Å². The zero-order valence-electron chi connectivity index (χ0n) is 15.2. The van der Waals surface area contributed by atoms with E-state index >= 15 is 0 Å². The molecule has 0 bridgehead atoms. The summed E-state index contributed by atoms with van der Waals surface area (Å²) in [7, 11) is 0. The predicted molar refractivity (Wildman–Crippen MR) is 110 cm³/mol. The molecule has 1 aliphatic rings. The van der Waals surface area contributed by atoms with Gasteiger partial charge < -0.3 is 10.6 Å². The Hall–Kier alpha value is -3.07. The Kier molecular flexibility index (Phi) is 4.20. The molecule has 4 aromatic rings. The lowest BCUT2D eigenvalue weighted by molar-refractivity contribution is 0.0723. The third-order valence-electron chi connectivity index (χ3n) is 5.07. The minimum atomic E-state index is -0.622. The van der Waals surface area contributed by atoms with Crippen LogP contribution in [0.15, 0.2) is 47.5 Å². The number of nitrogens with two attached hydrogens (primary N) is 1. The molecule has 29 heavy (non-hydrogen) atoms. The quantitative estimate of drug-likeness (QED) is 0.508. The highest BCUT2D eigenvalue weighted by atomic mass is 79.9. The van der Waals surface area contributed by atoms with E-state index in [-0.39, 0.29) is 23.3 Å². The molecule has 0 unspecified atom stereocenters. The number of benzene rings is 1. The number of anilines is 1. The second-order valence-corrected chi connectivity index (χ2v) is 8.01. The molecule has 2 N–H and O–H groups in total. The summed E-state index contributed by atoms with van der Waals surface area (Å²) >= 11 is 3.36. The Morgan fingerprint density at radius 2 is 2.10 bits per heavy atom. The van der Waals surface area contributed by atoms with E-state index in [1.165, 1.54) is 12.1 Å². The first-order valence-corrected chi connectivity index (χ1v) is 9.93. The molecule has 3 aromatic heterocycles. The third-order valence-corrected chi connectivity index (χ3v) is 5.53. The van der Waals surface area contributed by atoms with Gasteiger partial charge in [-0.2, -0.15) is 0 Å². The van der Waals surface area contributed by atoms with Crippen molar-refractivity contribution in [3.8, 4) is 0 Å². The zero-order valence-corrected chi connectivity index (χ0v) is 16.8. The lowest BCUT2D eigenvalue weighted by Gasteiger charge is -2.22. The number of carbonyl (C=O) groups excluding carboxylic acids is 1. The molecule has 9 heteroatoms. The third kappa shape index (κ3) is 3.21. The number of carbonyl (C=O) groups is 1. The van der Waals surface area contributed by atoms with Gasteiger partial charge in [-0.15, -0.1) is 0 Å². The SMILES string of the molecule is Nc1nc2cc(F)c(C(=O)N(Cc3ccc(Br)cn3)C3CC3)cc2n2cncc12. The summed E-state index contributed by atoms with van der Waals surface area (Å²) in [5.74, 6) is -0.723. The van der Waals surface area contributed by atoms with E-state index in [1.807, 2.05) is 12.1 Å². The second kappa shape index (κ2) is 6.77. The molecular formula is C20H16BrFN6O. The molecule has 0 spiro atoms. The minimum Gasteiger partial charge on any atom is -0.382 e. The van der Waals surface area contributed by atoms with Crippen molar-refractivity contribution < 1.29 is 9.18 Å². The Morgan fingerprint density at radius 1 is 1.28 bits per heavy atom. The van der Waals surface area contributed by atoms with Gasteiger partial charge in [0.05, 0.1) is 41.4 Å². The number of hydrogen-bond acceptors (Lipinski definition) is 5. The molecule has 0 radical (unpaired) electrons. The number of fused-ring (bicyclic) bond motifs is 3. The molecule has 3 heterocycles. The van der Waals surface area contributed by atoms with Gasteiger partial charge in [0, 0.05) is 22.8 Å². The first-order valence-electron chi connectivity index (χ1n) is 9.13. The molecule has 0 aliphatic heterocycles. The van der Waals surface area contributed by atoms with Crippen LogP contribution in [-0.2, 0) is 6.54 Å². The molecule has 1 aliphatic carbocycles. The molecule has 0 saturated heterocycles. The number of amides is 1. The first kappa shape index (κ1) is 18.0. The maximum absolute atomic E-state index is 14.9. The zero-order chi connectivity index (χ0) is 20.1. The Bertz CT molecular complexity index is 1250. The van der Waals surface area contributed by atoms with Crippen LogP contribution < -0.4 is 5.73 Å². The van der Waals surface area contributed by atoms with Gasteiger partial charge in [0.15, 0.2) is 0 Å². The number of rotatable bonds is 4. The largest absolute Gasteiger partial charge is 0.382 e. The summed E-state index contributed by atoms with van der Waals surface area (Å²) in [6.45, 7) is 0.328. The molecule has 1 fully saturated rings. The van der Waals surface area contributed by atoms with Crippen LogP contribution in [0, 0.1) is 5.82 Å². The smallest absolute Gasteiger partial charge is 0.257 e. The summed E-state index contributed by atoms with van der Waals surface area (Å²) in [6.07, 6.45) is 6.66. The second-order valence-electron chi connectivity index (χ2n) is 7.10. The van der Waals surface area contributed by atoms with Gasteiger partial charge in [0.1, 0.15) is 17.2 Å². The average molecular weight is 455 g/mol. The number of nitrogen functional groups attached to an aromatic ring is 1. The maximum atomic E-state index is 14.9. The van der Waals surface area contributed by atoms with Crippen LogP contribution in [0.2, 0.25) is 0 Å². The maximum Gasteiger partial charge on any atom is 0.257 e. The van der Waals surface area contributed by atoms with Gasteiger partial charge in [0.2, 0.25) is 0 Å². The van der Waals surface area contributed by atoms with Gasteiger partial charge in [0.25, 0.3) is 5.91 Å². The number of hydrogen-bond donors (Lipinski definition) is 1. The van der Waals surface area contributed by atoms with Crippen LogP contribution in [0.5, 0.6) is 0 Å². The molecule has 7 nitrogen and oxygen atoms in total. The van der Waals surface area contributed by atoms with E-state index in [0.29, 0.717) is 23.1 Å². The summed E-state index contributed by atoms with van der Waals surface area (Å²) in [6, 6.07) is 6.60. The van der Waals surface area contributed by atoms with E-state index in [9.17, 15) is 9.18 Å². The van der Waals surface area contributed by atoms with Crippen LogP contribution >= 0.6 is 15.9 Å². The number of pyridine rings is 1. The van der Waals surface area contributed by atoms with Gasteiger partial charge in [-0.25, -0.2) is 14.4 Å². The van der Waals surface area contributed by atoms with E-state index in [0.717, 1.165) is 23.0 Å². The number of nitrogens with zero attached hydrogens (tertiary/aromatic N) is 5. The van der Waals surface area contributed by atoms with E-state index in [4.69, 9.17) is 5.73 Å². The topological polar surface area (TPSA) is 89.4 Å². The van der Waals surface area contributed by atoms with Gasteiger partial charge in [-0.3, -0.25) is 14.2 Å². The Balaban J connectivity index is 1.57. The summed E-state index contributed by atoms with van der Waals surface area (Å²) in [4.78, 5) is 27.7. The minimum absolute atomic E-state index is 0.00285. The van der Waals surface area contributed by atoms with Crippen LogP contribution in [0.3, 0.4) is 0 Å². The van der Waals surface area contributed by atoms with Crippen LogP contribution in [-0.4, -0.2) is 36.2 Å². The first-order chi connectivity index (χ1) is 14.0. The van der Waals surface area contributed by atoms with E-state index in [2.05, 4.69) is 30.9 Å². The van der Waals surface area contributed by atoms with Crippen molar-refractivity contribution in [2.45, 2.75) is 25.4 Å². The van der Waals surface area contributed by atoms with Crippen molar-refractivity contribution in [2.75, 3.05) is 5.73 Å². The predicted octanol–water partition coefficient (Wildman–Crippen LogP) is 3.57. The lowest BCUT2D eigenvalue weighted by atomic mass is 10.1. The van der Waals surface area contributed by atoms with Gasteiger partial charge >= 0.3 is 0 Å². The molecule has 1 amide bonds. The fraction of sp³-hybridized carbons (Fsp3) is 0.200. The van der Waals surface area contributed by atoms with Crippen molar-refractivity contribution in [2.24, 2.45) is 0 Å². The number of halogens is 2. The highest BCUT2D eigenvalue weighted by Gasteiger charge is 2.34.